The fourth-order valence-corrected chi connectivity index (χ4v) is 3.99. The number of aromatic nitrogens is 2. The van der Waals surface area contributed by atoms with Crippen LogP contribution in [0.3, 0.4) is 0 Å². The van der Waals surface area contributed by atoms with Crippen molar-refractivity contribution in [1.82, 2.24) is 9.97 Å². The summed E-state index contributed by atoms with van der Waals surface area (Å²) in [5, 5.41) is 0. The van der Waals surface area contributed by atoms with E-state index in [-0.39, 0.29) is 0 Å². The van der Waals surface area contributed by atoms with Crippen LogP contribution in [0.5, 0.6) is 0 Å². The van der Waals surface area contributed by atoms with Gasteiger partial charge in [0, 0.05) is 19.3 Å². The molecule has 3 atom stereocenters. The molecule has 4 nitrogen and oxygen atoms in total. The minimum Gasteiger partial charge on any atom is -0.388 e. The Labute approximate surface area is 125 Å². The van der Waals surface area contributed by atoms with E-state index in [0.29, 0.717) is 10.7 Å². The van der Waals surface area contributed by atoms with Crippen molar-refractivity contribution in [3.63, 3.8) is 0 Å². The molecule has 0 aliphatic heterocycles. The number of thiocarbonyl (C=S) groups is 1. The first-order valence-corrected chi connectivity index (χ1v) is 7.80. The van der Waals surface area contributed by atoms with E-state index in [0.717, 1.165) is 35.9 Å². The Bertz CT molecular complexity index is 531. The number of nitrogens with two attached hydrogens (primary N) is 1. The normalized spacial score (nSPS) is 27.8. The average Bonchev–Trinajstić information content (AvgIpc) is 3.00. The van der Waals surface area contributed by atoms with Gasteiger partial charge in [-0.2, -0.15) is 0 Å². The third-order valence-corrected chi connectivity index (χ3v) is 5.04. The van der Waals surface area contributed by atoms with Gasteiger partial charge in [0.05, 0.1) is 0 Å². The van der Waals surface area contributed by atoms with Gasteiger partial charge >= 0.3 is 0 Å². The van der Waals surface area contributed by atoms with E-state index < -0.39 is 0 Å². The van der Waals surface area contributed by atoms with E-state index >= 15 is 0 Å². The highest BCUT2D eigenvalue weighted by molar-refractivity contribution is 7.80. The Kier molecular flexibility index (Phi) is 3.63. The Morgan fingerprint density at radius 1 is 1.40 bits per heavy atom. The quantitative estimate of drug-likeness (QED) is 0.862. The third-order valence-electron chi connectivity index (χ3n) is 4.83. The van der Waals surface area contributed by atoms with Crippen LogP contribution in [-0.4, -0.2) is 28.5 Å². The molecule has 2 aliphatic rings. The van der Waals surface area contributed by atoms with Crippen molar-refractivity contribution in [2.45, 2.75) is 32.6 Å². The zero-order chi connectivity index (χ0) is 14.3. The average molecular weight is 290 g/mol. The summed E-state index contributed by atoms with van der Waals surface area (Å²) in [6.45, 7) is 3.00. The molecule has 0 aromatic carbocycles. The Morgan fingerprint density at radius 2 is 2.20 bits per heavy atom. The van der Waals surface area contributed by atoms with Gasteiger partial charge in [-0.05, 0) is 50.0 Å². The summed E-state index contributed by atoms with van der Waals surface area (Å²) in [6.07, 6.45) is 5.67. The summed E-state index contributed by atoms with van der Waals surface area (Å²) < 4.78 is 0. The molecule has 0 saturated heterocycles. The standard InChI is InChI=1S/C15H22N4S/c1-9-5-13(14(16)20)18-15(17-9)19(2)8-12-7-10-3-4-11(12)6-10/h5,10-12H,3-4,6-8H2,1-2H3,(H2,16,20). The number of aryl methyl sites for hydroxylation is 1. The zero-order valence-electron chi connectivity index (χ0n) is 12.2. The molecule has 5 heteroatoms. The van der Waals surface area contributed by atoms with Crippen LogP contribution in [0.15, 0.2) is 6.07 Å². The molecule has 2 saturated carbocycles. The second kappa shape index (κ2) is 5.28. The Balaban J connectivity index is 1.73. The molecule has 20 heavy (non-hydrogen) atoms. The van der Waals surface area contributed by atoms with Crippen molar-refractivity contribution in [1.29, 1.82) is 0 Å². The van der Waals surface area contributed by atoms with E-state index in [4.69, 9.17) is 18.0 Å². The lowest BCUT2D eigenvalue weighted by atomic mass is 9.88. The molecular formula is C15H22N4S. The molecule has 1 heterocycles. The summed E-state index contributed by atoms with van der Waals surface area (Å²) in [6, 6.07) is 1.84. The first kappa shape index (κ1) is 13.7. The molecule has 3 unspecified atom stereocenters. The molecule has 0 spiro atoms. The fourth-order valence-electron chi connectivity index (χ4n) is 3.88. The maximum atomic E-state index is 5.69. The smallest absolute Gasteiger partial charge is 0.225 e. The highest BCUT2D eigenvalue weighted by Crippen LogP contribution is 2.48. The van der Waals surface area contributed by atoms with Crippen LogP contribution in [0.4, 0.5) is 5.95 Å². The van der Waals surface area contributed by atoms with Gasteiger partial charge in [0.1, 0.15) is 10.7 Å². The number of hydrogen-bond donors (Lipinski definition) is 1. The van der Waals surface area contributed by atoms with Gasteiger partial charge in [-0.3, -0.25) is 0 Å². The fraction of sp³-hybridized carbons (Fsp3) is 0.667. The summed E-state index contributed by atoms with van der Waals surface area (Å²) in [4.78, 5) is 11.5. The van der Waals surface area contributed by atoms with Crippen molar-refractivity contribution in [2.75, 3.05) is 18.5 Å². The van der Waals surface area contributed by atoms with Crippen LogP contribution in [0.2, 0.25) is 0 Å². The number of nitrogens with zero attached hydrogens (tertiary/aromatic N) is 3. The summed E-state index contributed by atoms with van der Waals surface area (Å²) in [5.41, 5.74) is 7.27. The lowest BCUT2D eigenvalue weighted by Gasteiger charge is -2.27. The summed E-state index contributed by atoms with van der Waals surface area (Å²) in [7, 11) is 2.07. The van der Waals surface area contributed by atoms with Crippen molar-refractivity contribution < 1.29 is 0 Å². The lowest BCUT2D eigenvalue weighted by molar-refractivity contribution is 0.336. The first-order chi connectivity index (χ1) is 9.52. The highest BCUT2D eigenvalue weighted by atomic mass is 32.1. The summed E-state index contributed by atoms with van der Waals surface area (Å²) >= 11 is 5.02. The number of hydrogen-bond acceptors (Lipinski definition) is 4. The van der Waals surface area contributed by atoms with E-state index in [1.54, 1.807) is 0 Å². The van der Waals surface area contributed by atoms with Gasteiger partial charge in [0.15, 0.2) is 0 Å². The maximum absolute atomic E-state index is 5.69. The summed E-state index contributed by atoms with van der Waals surface area (Å²) in [5.74, 6) is 3.44. The molecular weight excluding hydrogens is 268 g/mol. The van der Waals surface area contributed by atoms with Gasteiger partial charge in [0.2, 0.25) is 5.95 Å². The van der Waals surface area contributed by atoms with Gasteiger partial charge < -0.3 is 10.6 Å². The van der Waals surface area contributed by atoms with E-state index in [1.807, 2.05) is 13.0 Å². The molecule has 2 N–H and O–H groups in total. The van der Waals surface area contributed by atoms with E-state index in [1.165, 1.54) is 25.7 Å². The van der Waals surface area contributed by atoms with Crippen LogP contribution in [0.25, 0.3) is 0 Å². The highest BCUT2D eigenvalue weighted by Gasteiger charge is 2.39. The van der Waals surface area contributed by atoms with Gasteiger partial charge in [0.25, 0.3) is 0 Å². The molecule has 2 fully saturated rings. The van der Waals surface area contributed by atoms with Crippen molar-refractivity contribution in [3.05, 3.63) is 17.5 Å². The van der Waals surface area contributed by atoms with Gasteiger partial charge in [-0.25, -0.2) is 9.97 Å². The topological polar surface area (TPSA) is 55.0 Å². The minimum absolute atomic E-state index is 0.338. The van der Waals surface area contributed by atoms with Crippen LogP contribution in [0, 0.1) is 24.7 Å². The molecule has 3 rings (SSSR count). The Morgan fingerprint density at radius 3 is 2.80 bits per heavy atom. The van der Waals surface area contributed by atoms with Crippen LogP contribution < -0.4 is 10.6 Å². The number of anilines is 1. The zero-order valence-corrected chi connectivity index (χ0v) is 13.0. The Hall–Kier alpha value is -1.23. The monoisotopic (exact) mass is 290 g/mol. The molecule has 108 valence electrons. The molecule has 0 amide bonds. The van der Waals surface area contributed by atoms with Crippen molar-refractivity contribution in [3.8, 4) is 0 Å². The van der Waals surface area contributed by atoms with Gasteiger partial charge in [-0.1, -0.05) is 18.6 Å². The predicted molar refractivity (Wildman–Crippen MR) is 84.9 cm³/mol. The largest absolute Gasteiger partial charge is 0.388 e. The van der Waals surface area contributed by atoms with Crippen LogP contribution in [-0.2, 0) is 0 Å². The van der Waals surface area contributed by atoms with Crippen molar-refractivity contribution in [2.24, 2.45) is 23.5 Å². The predicted octanol–water partition coefficient (Wildman–Crippen LogP) is 2.29. The van der Waals surface area contributed by atoms with Crippen molar-refractivity contribution >= 4 is 23.2 Å². The van der Waals surface area contributed by atoms with E-state index in [9.17, 15) is 0 Å². The van der Waals surface area contributed by atoms with E-state index in [2.05, 4.69) is 21.9 Å². The minimum atomic E-state index is 0.338. The SMILES string of the molecule is Cc1cc(C(N)=S)nc(N(C)CC2CC3CCC2C3)n1. The first-order valence-electron chi connectivity index (χ1n) is 7.39. The molecule has 2 bridgehead atoms. The molecule has 1 aromatic rings. The second-order valence-electron chi connectivity index (χ2n) is 6.37. The third kappa shape index (κ3) is 2.64. The lowest BCUT2D eigenvalue weighted by Crippen LogP contribution is -2.30. The van der Waals surface area contributed by atoms with Crippen LogP contribution in [0.1, 0.15) is 37.1 Å². The number of fused-ring (bicyclic) bond motifs is 2. The maximum Gasteiger partial charge on any atom is 0.225 e. The number of rotatable bonds is 4. The second-order valence-corrected chi connectivity index (χ2v) is 6.81. The molecule has 1 aromatic heterocycles. The molecule has 0 radical (unpaired) electrons. The van der Waals surface area contributed by atoms with Crippen LogP contribution >= 0.6 is 12.2 Å². The molecule has 2 aliphatic carbocycles. The van der Waals surface area contributed by atoms with Gasteiger partial charge in [-0.15, -0.1) is 0 Å².